The summed E-state index contributed by atoms with van der Waals surface area (Å²) in [5, 5.41) is 2.57. The smallest absolute Gasteiger partial charge is 0.407 e. The molecule has 1 aromatic carbocycles. The average Bonchev–Trinajstić information content (AvgIpc) is 2.34. The Kier molecular flexibility index (Phi) is 6.42. The zero-order chi connectivity index (χ0) is 16.0. The first-order valence-corrected chi connectivity index (χ1v) is 7.32. The number of halogens is 2. The Morgan fingerprint density at radius 1 is 1.33 bits per heavy atom. The van der Waals surface area contributed by atoms with Crippen molar-refractivity contribution in [3.8, 4) is 0 Å². The Morgan fingerprint density at radius 3 is 2.38 bits per heavy atom. The lowest BCUT2D eigenvalue weighted by Crippen LogP contribution is -2.36. The van der Waals surface area contributed by atoms with Gasteiger partial charge in [0.2, 0.25) is 0 Å². The number of rotatable bonds is 5. The van der Waals surface area contributed by atoms with Gasteiger partial charge >= 0.3 is 6.09 Å². The van der Waals surface area contributed by atoms with Crippen LogP contribution in [0.5, 0.6) is 0 Å². The second kappa shape index (κ2) is 7.61. The van der Waals surface area contributed by atoms with E-state index in [-0.39, 0.29) is 6.54 Å². The number of hydrogen-bond donors (Lipinski definition) is 2. The van der Waals surface area contributed by atoms with Crippen LogP contribution in [0.25, 0.3) is 0 Å². The number of thioether (sulfide) groups is 1. The van der Waals surface area contributed by atoms with E-state index in [9.17, 15) is 13.6 Å². The molecule has 0 radical (unpaired) electrons. The number of carbonyl (C=O) groups excluding carboxylic acids is 1. The zero-order valence-electron chi connectivity index (χ0n) is 12.2. The first-order valence-electron chi connectivity index (χ1n) is 6.44. The van der Waals surface area contributed by atoms with Crippen LogP contribution in [0, 0.1) is 0 Å². The van der Waals surface area contributed by atoms with Gasteiger partial charge in [-0.05, 0) is 38.5 Å². The fourth-order valence-electron chi connectivity index (χ4n) is 1.52. The summed E-state index contributed by atoms with van der Waals surface area (Å²) in [7, 11) is 0. The van der Waals surface area contributed by atoms with E-state index in [1.165, 1.54) is 0 Å². The molecule has 0 saturated heterocycles. The van der Waals surface area contributed by atoms with E-state index in [0.29, 0.717) is 16.7 Å². The molecule has 0 saturated carbocycles. The van der Waals surface area contributed by atoms with Gasteiger partial charge in [-0.25, -0.2) is 4.79 Å². The van der Waals surface area contributed by atoms with Gasteiger partial charge in [0.15, 0.2) is 0 Å². The quantitative estimate of drug-likeness (QED) is 0.815. The number of amides is 1. The summed E-state index contributed by atoms with van der Waals surface area (Å²) in [6.07, 6.45) is -0.539. The molecule has 1 unspecified atom stereocenters. The number of hydrogen-bond acceptors (Lipinski definition) is 4. The van der Waals surface area contributed by atoms with Crippen molar-refractivity contribution in [3.05, 3.63) is 29.8 Å². The zero-order valence-corrected chi connectivity index (χ0v) is 13.0. The summed E-state index contributed by atoms with van der Waals surface area (Å²) >= 11 is 0.480. The van der Waals surface area contributed by atoms with Gasteiger partial charge < -0.3 is 15.8 Å². The number of alkyl carbamates (subject to hydrolysis) is 1. The summed E-state index contributed by atoms with van der Waals surface area (Å²) < 4.78 is 29.5. The molecule has 3 N–H and O–H groups in total. The van der Waals surface area contributed by atoms with Crippen LogP contribution in [-0.2, 0) is 4.74 Å². The third-order valence-electron chi connectivity index (χ3n) is 2.40. The molecule has 1 atom stereocenters. The molecule has 1 aromatic rings. The third kappa shape index (κ3) is 7.29. The molecule has 1 amide bonds. The maximum Gasteiger partial charge on any atom is 0.407 e. The molecule has 0 bridgehead atoms. The van der Waals surface area contributed by atoms with Crippen LogP contribution < -0.4 is 11.1 Å². The van der Waals surface area contributed by atoms with Crippen molar-refractivity contribution in [2.75, 3.05) is 6.54 Å². The Hall–Kier alpha value is -1.34. The van der Waals surface area contributed by atoms with Crippen molar-refractivity contribution in [3.63, 3.8) is 0 Å². The van der Waals surface area contributed by atoms with Crippen molar-refractivity contribution < 1.29 is 18.3 Å². The monoisotopic (exact) mass is 318 g/mol. The van der Waals surface area contributed by atoms with Gasteiger partial charge in [-0.2, -0.15) is 8.78 Å². The first-order chi connectivity index (χ1) is 9.67. The molecular formula is C14H20F2N2O2S. The van der Waals surface area contributed by atoms with Crippen LogP contribution in [0.2, 0.25) is 0 Å². The van der Waals surface area contributed by atoms with Gasteiger partial charge in [0.05, 0.1) is 0 Å². The average molecular weight is 318 g/mol. The lowest BCUT2D eigenvalue weighted by Gasteiger charge is -2.21. The predicted octanol–water partition coefficient (Wildman–Crippen LogP) is 3.53. The predicted molar refractivity (Wildman–Crippen MR) is 79.5 cm³/mol. The van der Waals surface area contributed by atoms with Gasteiger partial charge in [0.1, 0.15) is 5.60 Å². The van der Waals surface area contributed by atoms with E-state index < -0.39 is 23.5 Å². The minimum Gasteiger partial charge on any atom is -0.444 e. The summed E-state index contributed by atoms with van der Waals surface area (Å²) in [6, 6.07) is 6.08. The molecule has 4 nitrogen and oxygen atoms in total. The largest absolute Gasteiger partial charge is 0.444 e. The van der Waals surface area contributed by atoms with Gasteiger partial charge in [-0.1, -0.05) is 23.9 Å². The third-order valence-corrected chi connectivity index (χ3v) is 3.12. The summed E-state index contributed by atoms with van der Waals surface area (Å²) in [5.41, 5.74) is 6.12. The first kappa shape index (κ1) is 17.7. The number of ether oxygens (including phenoxy) is 1. The molecule has 1 rings (SSSR count). The SMILES string of the molecule is CC(C)(C)OC(=O)NCC(N)c1ccc(SC(F)F)cc1. The molecule has 0 aliphatic rings. The highest BCUT2D eigenvalue weighted by Crippen LogP contribution is 2.26. The molecule has 0 heterocycles. The summed E-state index contributed by atoms with van der Waals surface area (Å²) in [4.78, 5) is 12.0. The molecule has 0 spiro atoms. The second-order valence-electron chi connectivity index (χ2n) is 5.44. The van der Waals surface area contributed by atoms with Crippen LogP contribution in [0.1, 0.15) is 32.4 Å². The Bertz CT molecular complexity index is 461. The van der Waals surface area contributed by atoms with Crippen molar-refractivity contribution in [1.29, 1.82) is 0 Å². The van der Waals surface area contributed by atoms with Crippen molar-refractivity contribution in [2.45, 2.75) is 43.1 Å². The molecule has 0 aromatic heterocycles. The highest BCUT2D eigenvalue weighted by molar-refractivity contribution is 7.99. The van der Waals surface area contributed by atoms with Gasteiger partial charge in [0, 0.05) is 17.5 Å². The number of nitrogens with one attached hydrogen (secondary N) is 1. The molecule has 0 aliphatic carbocycles. The Labute approximate surface area is 127 Å². The number of benzene rings is 1. The standard InChI is InChI=1S/C14H20F2N2O2S/c1-14(2,3)20-13(19)18-8-11(17)9-4-6-10(7-5-9)21-12(15)16/h4-7,11-12H,8,17H2,1-3H3,(H,18,19). The fraction of sp³-hybridized carbons (Fsp3) is 0.500. The van der Waals surface area contributed by atoms with E-state index in [1.54, 1.807) is 45.0 Å². The highest BCUT2D eigenvalue weighted by atomic mass is 32.2. The molecule has 21 heavy (non-hydrogen) atoms. The van der Waals surface area contributed by atoms with Crippen molar-refractivity contribution in [2.24, 2.45) is 5.73 Å². The Morgan fingerprint density at radius 2 is 1.90 bits per heavy atom. The molecule has 0 aliphatic heterocycles. The van der Waals surface area contributed by atoms with E-state index in [2.05, 4.69) is 5.32 Å². The Balaban J connectivity index is 2.48. The van der Waals surface area contributed by atoms with E-state index in [0.717, 1.165) is 5.56 Å². The van der Waals surface area contributed by atoms with Crippen molar-refractivity contribution in [1.82, 2.24) is 5.32 Å². The van der Waals surface area contributed by atoms with Crippen LogP contribution >= 0.6 is 11.8 Å². The number of carbonyl (C=O) groups is 1. The maximum absolute atomic E-state index is 12.2. The molecule has 118 valence electrons. The fourth-order valence-corrected chi connectivity index (χ4v) is 2.02. The summed E-state index contributed by atoms with van der Waals surface area (Å²) in [5.74, 6) is -2.45. The topological polar surface area (TPSA) is 64.3 Å². The lowest BCUT2D eigenvalue weighted by molar-refractivity contribution is 0.0524. The van der Waals surface area contributed by atoms with Crippen LogP contribution in [-0.4, -0.2) is 24.0 Å². The van der Waals surface area contributed by atoms with Gasteiger partial charge in [0.25, 0.3) is 5.76 Å². The van der Waals surface area contributed by atoms with Crippen LogP contribution in [0.4, 0.5) is 13.6 Å². The minimum atomic E-state index is -2.45. The van der Waals surface area contributed by atoms with Gasteiger partial charge in [-0.3, -0.25) is 0 Å². The van der Waals surface area contributed by atoms with Gasteiger partial charge in [-0.15, -0.1) is 0 Å². The van der Waals surface area contributed by atoms with E-state index in [1.807, 2.05) is 0 Å². The molecule has 0 fully saturated rings. The summed E-state index contributed by atoms with van der Waals surface area (Å²) in [6.45, 7) is 5.51. The van der Waals surface area contributed by atoms with E-state index in [4.69, 9.17) is 10.5 Å². The minimum absolute atomic E-state index is 0.205. The second-order valence-corrected chi connectivity index (χ2v) is 6.50. The van der Waals surface area contributed by atoms with Crippen molar-refractivity contribution >= 4 is 17.9 Å². The maximum atomic E-state index is 12.2. The number of nitrogens with two attached hydrogens (primary N) is 1. The lowest BCUT2D eigenvalue weighted by atomic mass is 10.1. The number of alkyl halides is 2. The van der Waals surface area contributed by atoms with E-state index >= 15 is 0 Å². The van der Waals surface area contributed by atoms with Crippen LogP contribution in [0.15, 0.2) is 29.2 Å². The highest BCUT2D eigenvalue weighted by Gasteiger charge is 2.17. The van der Waals surface area contributed by atoms with Crippen LogP contribution in [0.3, 0.4) is 0 Å². The normalized spacial score (nSPS) is 13.1. The molecular weight excluding hydrogens is 298 g/mol. The molecule has 7 heteroatoms.